The number of benzene rings is 2. The minimum atomic E-state index is -4.59. The van der Waals surface area contributed by atoms with Crippen molar-refractivity contribution in [1.82, 2.24) is 5.32 Å². The number of nitrogens with one attached hydrogen (secondary N) is 2. The maximum absolute atomic E-state index is 12.8. The van der Waals surface area contributed by atoms with E-state index in [0.29, 0.717) is 18.0 Å². The molecule has 128 valence electrons. The number of carbonyl (C=O) groups is 1. The summed E-state index contributed by atoms with van der Waals surface area (Å²) in [6.45, 7) is 0.311. The van der Waals surface area contributed by atoms with E-state index in [1.54, 1.807) is 18.2 Å². The van der Waals surface area contributed by atoms with Crippen LogP contribution in [0.15, 0.2) is 42.5 Å². The van der Waals surface area contributed by atoms with E-state index in [-0.39, 0.29) is 5.69 Å². The van der Waals surface area contributed by atoms with Crippen LogP contribution in [0.2, 0.25) is 10.0 Å². The minimum absolute atomic E-state index is 0.00646. The van der Waals surface area contributed by atoms with Crippen LogP contribution >= 0.6 is 23.2 Å². The third kappa shape index (κ3) is 5.32. The first-order valence-corrected chi connectivity index (χ1v) is 7.67. The normalized spacial score (nSPS) is 11.2. The van der Waals surface area contributed by atoms with Gasteiger partial charge in [0.25, 0.3) is 0 Å². The average molecular weight is 377 g/mol. The SMILES string of the molecule is O=C(NCCc1cccc(Cl)c1)Nc1ccc(Cl)c(C(F)(F)F)c1. The molecule has 0 aliphatic rings. The van der Waals surface area contributed by atoms with Crippen LogP contribution in [0.25, 0.3) is 0 Å². The number of carbonyl (C=O) groups excluding carboxylic acids is 1. The molecular formula is C16H13Cl2F3N2O. The van der Waals surface area contributed by atoms with Crippen molar-refractivity contribution in [3.8, 4) is 0 Å². The van der Waals surface area contributed by atoms with Gasteiger partial charge in [0.1, 0.15) is 0 Å². The Kier molecular flexibility index (Phi) is 5.96. The highest BCUT2D eigenvalue weighted by molar-refractivity contribution is 6.31. The van der Waals surface area contributed by atoms with E-state index in [1.807, 2.05) is 6.07 Å². The van der Waals surface area contributed by atoms with Crippen LogP contribution in [0.3, 0.4) is 0 Å². The highest BCUT2D eigenvalue weighted by atomic mass is 35.5. The van der Waals surface area contributed by atoms with Gasteiger partial charge in [-0.2, -0.15) is 13.2 Å². The van der Waals surface area contributed by atoms with Crippen LogP contribution in [0.5, 0.6) is 0 Å². The van der Waals surface area contributed by atoms with Gasteiger partial charge in [0.15, 0.2) is 0 Å². The van der Waals surface area contributed by atoms with Gasteiger partial charge in [-0.25, -0.2) is 4.79 Å². The standard InChI is InChI=1S/C16H13Cl2F3N2O/c17-11-3-1-2-10(8-11)6-7-22-15(24)23-12-4-5-14(18)13(9-12)16(19,20)21/h1-5,8-9H,6-7H2,(H2,22,23,24). The number of amides is 2. The molecule has 0 unspecified atom stereocenters. The van der Waals surface area contributed by atoms with Crippen LogP contribution in [0.4, 0.5) is 23.7 Å². The molecule has 0 aliphatic carbocycles. The van der Waals surface area contributed by atoms with Crippen LogP contribution in [-0.2, 0) is 12.6 Å². The van der Waals surface area contributed by atoms with Crippen molar-refractivity contribution in [2.24, 2.45) is 0 Å². The van der Waals surface area contributed by atoms with E-state index < -0.39 is 22.8 Å². The zero-order chi connectivity index (χ0) is 17.7. The number of alkyl halides is 3. The van der Waals surface area contributed by atoms with E-state index in [9.17, 15) is 18.0 Å². The fraction of sp³-hybridized carbons (Fsp3) is 0.188. The van der Waals surface area contributed by atoms with Gasteiger partial charge in [0, 0.05) is 17.3 Å². The number of rotatable bonds is 4. The molecule has 2 aromatic carbocycles. The smallest absolute Gasteiger partial charge is 0.338 e. The van der Waals surface area contributed by atoms with Gasteiger partial charge in [-0.1, -0.05) is 35.3 Å². The Morgan fingerprint density at radius 1 is 1.08 bits per heavy atom. The molecule has 0 aliphatic heterocycles. The van der Waals surface area contributed by atoms with Crippen molar-refractivity contribution >= 4 is 34.9 Å². The monoisotopic (exact) mass is 376 g/mol. The second-order valence-corrected chi connectivity index (χ2v) is 5.80. The van der Waals surface area contributed by atoms with Gasteiger partial charge in [-0.15, -0.1) is 0 Å². The topological polar surface area (TPSA) is 41.1 Å². The summed E-state index contributed by atoms with van der Waals surface area (Å²) in [6.07, 6.45) is -4.04. The molecule has 0 bridgehead atoms. The highest BCUT2D eigenvalue weighted by Gasteiger charge is 2.33. The Bertz CT molecular complexity index is 736. The molecule has 24 heavy (non-hydrogen) atoms. The first-order chi connectivity index (χ1) is 11.3. The van der Waals surface area contributed by atoms with E-state index in [4.69, 9.17) is 23.2 Å². The van der Waals surface area contributed by atoms with Crippen LogP contribution < -0.4 is 10.6 Å². The van der Waals surface area contributed by atoms with Crippen molar-refractivity contribution in [2.75, 3.05) is 11.9 Å². The molecule has 0 fully saturated rings. The highest BCUT2D eigenvalue weighted by Crippen LogP contribution is 2.36. The van der Waals surface area contributed by atoms with Gasteiger partial charge in [0.05, 0.1) is 10.6 Å². The average Bonchev–Trinajstić information content (AvgIpc) is 2.48. The Hall–Kier alpha value is -1.92. The number of urea groups is 1. The number of hydrogen-bond donors (Lipinski definition) is 2. The first kappa shape index (κ1) is 18.4. The molecule has 2 N–H and O–H groups in total. The Balaban J connectivity index is 1.91. The molecule has 2 aromatic rings. The predicted octanol–water partition coefficient (Wildman–Crippen LogP) is 5.38. The summed E-state index contributed by atoms with van der Waals surface area (Å²) in [6, 6.07) is 9.75. The summed E-state index contributed by atoms with van der Waals surface area (Å²) in [7, 11) is 0. The number of anilines is 1. The third-order valence-corrected chi connectivity index (χ3v) is 3.68. The second kappa shape index (κ2) is 7.77. The maximum atomic E-state index is 12.8. The molecule has 0 heterocycles. The molecule has 0 saturated carbocycles. The first-order valence-electron chi connectivity index (χ1n) is 6.92. The molecule has 3 nitrogen and oxygen atoms in total. The summed E-state index contributed by atoms with van der Waals surface area (Å²) < 4.78 is 38.3. The molecule has 0 atom stereocenters. The molecule has 0 aromatic heterocycles. The summed E-state index contributed by atoms with van der Waals surface area (Å²) in [5.74, 6) is 0. The lowest BCUT2D eigenvalue weighted by molar-refractivity contribution is -0.137. The van der Waals surface area contributed by atoms with E-state index >= 15 is 0 Å². The van der Waals surface area contributed by atoms with Gasteiger partial charge < -0.3 is 10.6 Å². The largest absolute Gasteiger partial charge is 0.417 e. The summed E-state index contributed by atoms with van der Waals surface area (Å²) >= 11 is 11.4. The van der Waals surface area contributed by atoms with Crippen LogP contribution in [0, 0.1) is 0 Å². The molecule has 8 heteroatoms. The summed E-state index contributed by atoms with van der Waals surface area (Å²) in [5.41, 5.74) is -0.0541. The summed E-state index contributed by atoms with van der Waals surface area (Å²) in [4.78, 5) is 11.8. The predicted molar refractivity (Wildman–Crippen MR) is 88.6 cm³/mol. The van der Waals surface area contributed by atoms with Crippen LogP contribution in [0.1, 0.15) is 11.1 Å². The lowest BCUT2D eigenvalue weighted by Gasteiger charge is -2.12. The lowest BCUT2D eigenvalue weighted by atomic mass is 10.1. The van der Waals surface area contributed by atoms with Gasteiger partial charge in [0.2, 0.25) is 0 Å². The third-order valence-electron chi connectivity index (χ3n) is 3.12. The number of halogens is 5. The minimum Gasteiger partial charge on any atom is -0.338 e. The molecule has 0 radical (unpaired) electrons. The van der Waals surface area contributed by atoms with E-state index in [2.05, 4.69) is 10.6 Å². The van der Waals surface area contributed by atoms with Crippen molar-refractivity contribution in [1.29, 1.82) is 0 Å². The van der Waals surface area contributed by atoms with Gasteiger partial charge in [-0.3, -0.25) is 0 Å². The fourth-order valence-electron chi connectivity index (χ4n) is 2.01. The van der Waals surface area contributed by atoms with Crippen LogP contribution in [-0.4, -0.2) is 12.6 Å². The number of hydrogen-bond acceptors (Lipinski definition) is 1. The Labute approximate surface area is 146 Å². The zero-order valence-electron chi connectivity index (χ0n) is 12.3. The van der Waals surface area contributed by atoms with E-state index in [1.165, 1.54) is 6.07 Å². The Morgan fingerprint density at radius 2 is 1.83 bits per heavy atom. The lowest BCUT2D eigenvalue weighted by Crippen LogP contribution is -2.30. The van der Waals surface area contributed by atoms with Gasteiger partial charge >= 0.3 is 12.2 Å². The quantitative estimate of drug-likeness (QED) is 0.739. The fourth-order valence-corrected chi connectivity index (χ4v) is 2.45. The maximum Gasteiger partial charge on any atom is 0.417 e. The summed E-state index contributed by atoms with van der Waals surface area (Å²) in [5, 5.41) is 5.08. The molecule has 0 spiro atoms. The van der Waals surface area contributed by atoms with Crippen molar-refractivity contribution < 1.29 is 18.0 Å². The molecular weight excluding hydrogens is 364 g/mol. The Morgan fingerprint density at radius 3 is 2.50 bits per heavy atom. The second-order valence-electron chi connectivity index (χ2n) is 4.95. The molecule has 0 saturated heterocycles. The zero-order valence-corrected chi connectivity index (χ0v) is 13.8. The van der Waals surface area contributed by atoms with Crippen molar-refractivity contribution in [2.45, 2.75) is 12.6 Å². The molecule has 2 rings (SSSR count). The van der Waals surface area contributed by atoms with Gasteiger partial charge in [-0.05, 0) is 42.3 Å². The van der Waals surface area contributed by atoms with Crippen molar-refractivity contribution in [3.63, 3.8) is 0 Å². The van der Waals surface area contributed by atoms with E-state index in [0.717, 1.165) is 17.7 Å². The molecule has 2 amide bonds. The van der Waals surface area contributed by atoms with Crippen molar-refractivity contribution in [3.05, 3.63) is 63.6 Å².